The summed E-state index contributed by atoms with van der Waals surface area (Å²) in [4.78, 5) is 16.9. The van der Waals surface area contributed by atoms with Crippen LogP contribution in [0.4, 0.5) is 5.69 Å². The van der Waals surface area contributed by atoms with Crippen molar-refractivity contribution in [3.8, 4) is 0 Å². The van der Waals surface area contributed by atoms with Gasteiger partial charge in [0, 0.05) is 18.4 Å². The van der Waals surface area contributed by atoms with Crippen molar-refractivity contribution in [1.29, 1.82) is 0 Å². The number of hydrogen-bond donors (Lipinski definition) is 2. The van der Waals surface area contributed by atoms with Gasteiger partial charge in [-0.3, -0.25) is 4.79 Å². The molecule has 0 amide bonds. The van der Waals surface area contributed by atoms with Gasteiger partial charge in [-0.15, -0.1) is 0 Å². The summed E-state index contributed by atoms with van der Waals surface area (Å²) in [6.45, 7) is 4.41. The van der Waals surface area contributed by atoms with Gasteiger partial charge in [-0.05, 0) is 44.7 Å². The highest BCUT2D eigenvalue weighted by Gasteiger charge is 2.23. The van der Waals surface area contributed by atoms with Crippen molar-refractivity contribution in [3.05, 3.63) is 23.0 Å². The first-order valence-corrected chi connectivity index (χ1v) is 7.24. The molecular weight excluding hydrogens is 276 g/mol. The van der Waals surface area contributed by atoms with E-state index in [1.807, 2.05) is 0 Å². The summed E-state index contributed by atoms with van der Waals surface area (Å²) >= 11 is 5.85. The number of carbonyl (C=O) groups is 1. The number of hydrogen-bond acceptors (Lipinski definition) is 5. The molecule has 0 bridgehead atoms. The second kappa shape index (κ2) is 7.06. The van der Waals surface area contributed by atoms with E-state index in [0.717, 1.165) is 44.4 Å². The number of rotatable bonds is 5. The molecule has 1 aromatic heterocycles. The second-order valence-electron chi connectivity index (χ2n) is 5.20. The molecular formula is C13H19BClN3O2. The molecule has 7 heteroatoms. The molecule has 0 aromatic carbocycles. The van der Waals surface area contributed by atoms with E-state index in [4.69, 9.17) is 11.6 Å². The Kier molecular flexibility index (Phi) is 5.40. The zero-order valence-corrected chi connectivity index (χ0v) is 12.3. The fraction of sp³-hybridized carbons (Fsp3) is 0.538. The Balaban J connectivity index is 1.87. The molecule has 0 atom stereocenters. The Labute approximate surface area is 124 Å². The van der Waals surface area contributed by atoms with E-state index in [2.05, 4.69) is 15.1 Å². The van der Waals surface area contributed by atoms with Gasteiger partial charge in [-0.1, -0.05) is 11.6 Å². The normalized spacial score (nSPS) is 16.9. The SMILES string of the molecule is CB(O)N1CCC(CNc2cc(Cl)ncc2C=O)CC1. The molecule has 1 saturated heterocycles. The van der Waals surface area contributed by atoms with Gasteiger partial charge >= 0.3 is 7.05 Å². The van der Waals surface area contributed by atoms with Crippen LogP contribution in [0.3, 0.4) is 0 Å². The van der Waals surface area contributed by atoms with E-state index < -0.39 is 0 Å². The summed E-state index contributed by atoms with van der Waals surface area (Å²) in [5.41, 5.74) is 1.26. The molecule has 2 heterocycles. The molecule has 20 heavy (non-hydrogen) atoms. The topological polar surface area (TPSA) is 65.5 Å². The lowest BCUT2D eigenvalue weighted by molar-refractivity contribution is 0.112. The molecule has 0 radical (unpaired) electrons. The van der Waals surface area contributed by atoms with Gasteiger partial charge in [0.05, 0.1) is 5.56 Å². The Morgan fingerprint density at radius 1 is 1.60 bits per heavy atom. The average molecular weight is 296 g/mol. The highest BCUT2D eigenvalue weighted by atomic mass is 35.5. The molecule has 108 valence electrons. The van der Waals surface area contributed by atoms with Crippen molar-refractivity contribution in [2.75, 3.05) is 25.0 Å². The maximum atomic E-state index is 11.0. The minimum atomic E-state index is -0.371. The van der Waals surface area contributed by atoms with Gasteiger partial charge in [0.25, 0.3) is 0 Å². The maximum absolute atomic E-state index is 11.0. The smallest absolute Gasteiger partial charge is 0.376 e. The monoisotopic (exact) mass is 295 g/mol. The fourth-order valence-corrected chi connectivity index (χ4v) is 2.63. The summed E-state index contributed by atoms with van der Waals surface area (Å²) in [7, 11) is -0.371. The van der Waals surface area contributed by atoms with E-state index in [-0.39, 0.29) is 7.05 Å². The molecule has 2 N–H and O–H groups in total. The summed E-state index contributed by atoms with van der Waals surface area (Å²) in [6.07, 6.45) is 4.33. The van der Waals surface area contributed by atoms with Crippen LogP contribution in [-0.4, -0.2) is 47.8 Å². The van der Waals surface area contributed by atoms with Crippen LogP contribution < -0.4 is 5.32 Å². The lowest BCUT2D eigenvalue weighted by Gasteiger charge is -2.32. The van der Waals surface area contributed by atoms with E-state index in [1.165, 1.54) is 6.20 Å². The van der Waals surface area contributed by atoms with Crippen molar-refractivity contribution in [2.45, 2.75) is 19.7 Å². The van der Waals surface area contributed by atoms with Crippen molar-refractivity contribution in [3.63, 3.8) is 0 Å². The number of aldehydes is 1. The Hall–Kier alpha value is -1.11. The third-order valence-corrected chi connectivity index (χ3v) is 3.99. The molecule has 0 saturated carbocycles. The standard InChI is InChI=1S/C13H19BClN3O2/c1-14(20)18-4-2-10(3-5-18)7-16-12-6-13(15)17-8-11(12)9-19/h6,8-10,20H,2-5,7H2,1H3,(H,16,17). The summed E-state index contributed by atoms with van der Waals surface area (Å²) in [5.74, 6) is 0.538. The van der Waals surface area contributed by atoms with E-state index in [9.17, 15) is 9.82 Å². The molecule has 5 nitrogen and oxygen atoms in total. The van der Waals surface area contributed by atoms with Crippen LogP contribution in [0.15, 0.2) is 12.3 Å². The summed E-state index contributed by atoms with van der Waals surface area (Å²) < 4.78 is 0. The lowest BCUT2D eigenvalue weighted by Crippen LogP contribution is -2.43. The molecule has 1 aliphatic rings. The Morgan fingerprint density at radius 3 is 2.90 bits per heavy atom. The van der Waals surface area contributed by atoms with Crippen LogP contribution in [0.25, 0.3) is 0 Å². The number of pyridine rings is 1. The van der Waals surface area contributed by atoms with Gasteiger partial charge in [0.2, 0.25) is 0 Å². The molecule has 1 fully saturated rings. The number of aromatic nitrogens is 1. The average Bonchev–Trinajstić information content (AvgIpc) is 2.45. The Bertz CT molecular complexity index is 465. The number of nitrogens with zero attached hydrogens (tertiary/aromatic N) is 2. The minimum Gasteiger partial charge on any atom is -0.437 e. The maximum Gasteiger partial charge on any atom is 0.376 e. The van der Waals surface area contributed by atoms with Crippen LogP contribution in [-0.2, 0) is 0 Å². The zero-order chi connectivity index (χ0) is 14.5. The van der Waals surface area contributed by atoms with Gasteiger partial charge in [-0.25, -0.2) is 4.98 Å². The van der Waals surface area contributed by atoms with E-state index in [1.54, 1.807) is 12.9 Å². The van der Waals surface area contributed by atoms with Crippen LogP contribution in [0, 0.1) is 5.92 Å². The number of piperidine rings is 1. The summed E-state index contributed by atoms with van der Waals surface area (Å²) in [5, 5.41) is 13.2. The van der Waals surface area contributed by atoms with Crippen LogP contribution in [0.1, 0.15) is 23.2 Å². The van der Waals surface area contributed by atoms with E-state index >= 15 is 0 Å². The first-order chi connectivity index (χ1) is 9.60. The minimum absolute atomic E-state index is 0.371. The highest BCUT2D eigenvalue weighted by molar-refractivity contribution is 6.45. The first-order valence-electron chi connectivity index (χ1n) is 6.87. The largest absolute Gasteiger partial charge is 0.437 e. The number of nitrogens with one attached hydrogen (secondary N) is 1. The predicted octanol–water partition coefficient (Wildman–Crippen LogP) is 1.78. The third kappa shape index (κ3) is 3.94. The highest BCUT2D eigenvalue weighted by Crippen LogP contribution is 2.21. The molecule has 0 spiro atoms. The molecule has 1 aliphatic heterocycles. The summed E-state index contributed by atoms with van der Waals surface area (Å²) in [6, 6.07) is 1.68. The van der Waals surface area contributed by atoms with Crippen LogP contribution >= 0.6 is 11.6 Å². The number of anilines is 1. The Morgan fingerprint density at radius 2 is 2.30 bits per heavy atom. The van der Waals surface area contributed by atoms with Crippen LogP contribution in [0.5, 0.6) is 0 Å². The molecule has 1 aromatic rings. The van der Waals surface area contributed by atoms with Gasteiger partial charge in [0.15, 0.2) is 6.29 Å². The van der Waals surface area contributed by atoms with Crippen molar-refractivity contribution in [1.82, 2.24) is 9.79 Å². The van der Waals surface area contributed by atoms with E-state index in [0.29, 0.717) is 16.6 Å². The zero-order valence-electron chi connectivity index (χ0n) is 11.6. The van der Waals surface area contributed by atoms with Gasteiger partial charge in [0.1, 0.15) is 5.15 Å². The third-order valence-electron chi connectivity index (χ3n) is 3.79. The molecule has 0 unspecified atom stereocenters. The lowest BCUT2D eigenvalue weighted by atomic mass is 9.81. The van der Waals surface area contributed by atoms with Gasteiger partial charge in [-0.2, -0.15) is 0 Å². The van der Waals surface area contributed by atoms with Crippen molar-refractivity contribution < 1.29 is 9.82 Å². The molecule has 0 aliphatic carbocycles. The molecule has 2 rings (SSSR count). The van der Waals surface area contributed by atoms with Crippen LogP contribution in [0.2, 0.25) is 12.0 Å². The predicted molar refractivity (Wildman–Crippen MR) is 81.3 cm³/mol. The fourth-order valence-electron chi connectivity index (χ4n) is 2.47. The van der Waals surface area contributed by atoms with Crippen molar-refractivity contribution in [2.24, 2.45) is 5.92 Å². The quantitative estimate of drug-likeness (QED) is 0.492. The number of carbonyl (C=O) groups excluding carboxylic acids is 1. The second-order valence-corrected chi connectivity index (χ2v) is 5.59. The van der Waals surface area contributed by atoms with Gasteiger partial charge < -0.3 is 15.2 Å². The van der Waals surface area contributed by atoms with Crippen molar-refractivity contribution >= 4 is 30.6 Å². The number of halogens is 1. The first kappa shape index (κ1) is 15.3.